The number of tetrazole rings is 1. The van der Waals surface area contributed by atoms with E-state index in [1.165, 1.54) is 28.2 Å². The Bertz CT molecular complexity index is 1220. The number of nitrogens with zero attached hydrogens (tertiary/aromatic N) is 5. The van der Waals surface area contributed by atoms with E-state index in [0.717, 1.165) is 11.3 Å². The van der Waals surface area contributed by atoms with Crippen molar-refractivity contribution in [3.63, 3.8) is 0 Å². The molecule has 1 amide bonds. The molecule has 33 heavy (non-hydrogen) atoms. The van der Waals surface area contributed by atoms with E-state index >= 15 is 0 Å². The molecule has 1 fully saturated rings. The van der Waals surface area contributed by atoms with Gasteiger partial charge in [-0.3, -0.25) is 4.79 Å². The maximum absolute atomic E-state index is 12.7. The van der Waals surface area contributed by atoms with Gasteiger partial charge in [-0.15, -0.1) is 5.10 Å². The minimum absolute atomic E-state index is 0.183. The Labute approximate surface area is 196 Å². The van der Waals surface area contributed by atoms with Crippen LogP contribution in [0.2, 0.25) is 0 Å². The monoisotopic (exact) mass is 488 g/mol. The molecule has 1 aliphatic rings. The number of aromatic nitrogens is 4. The smallest absolute Gasteiger partial charge is 0.243 e. The van der Waals surface area contributed by atoms with Gasteiger partial charge >= 0.3 is 0 Å². The van der Waals surface area contributed by atoms with Gasteiger partial charge in [0.05, 0.1) is 29.0 Å². The van der Waals surface area contributed by atoms with Crippen LogP contribution < -0.4 is 5.32 Å². The molecular weight excluding hydrogens is 464 g/mol. The third-order valence-corrected chi connectivity index (χ3v) is 8.11. The highest BCUT2D eigenvalue weighted by Crippen LogP contribution is 2.25. The zero-order valence-electron chi connectivity index (χ0n) is 18.2. The van der Waals surface area contributed by atoms with Crippen LogP contribution in [0.1, 0.15) is 12.5 Å². The maximum atomic E-state index is 12.7. The Morgan fingerprint density at radius 2 is 1.82 bits per heavy atom. The summed E-state index contributed by atoms with van der Waals surface area (Å²) in [7, 11) is -3.58. The van der Waals surface area contributed by atoms with Crippen molar-refractivity contribution in [3.8, 4) is 5.69 Å². The summed E-state index contributed by atoms with van der Waals surface area (Å²) in [6.45, 7) is 5.15. The number of hydrogen-bond acceptors (Lipinski definition) is 8. The van der Waals surface area contributed by atoms with Gasteiger partial charge in [-0.1, -0.05) is 30.0 Å². The van der Waals surface area contributed by atoms with Crippen molar-refractivity contribution < 1.29 is 17.9 Å². The summed E-state index contributed by atoms with van der Waals surface area (Å²) in [5.41, 5.74) is 2.36. The number of aryl methyl sites for hydroxylation is 1. The van der Waals surface area contributed by atoms with Crippen LogP contribution in [0, 0.1) is 6.92 Å². The molecule has 4 rings (SSSR count). The third-order valence-electron chi connectivity index (χ3n) is 5.17. The minimum atomic E-state index is -3.58. The van der Waals surface area contributed by atoms with Gasteiger partial charge in [0.1, 0.15) is 0 Å². The quantitative estimate of drug-likeness (QED) is 0.502. The Hall–Kier alpha value is -2.80. The second-order valence-electron chi connectivity index (χ2n) is 7.45. The first-order valence-electron chi connectivity index (χ1n) is 10.4. The summed E-state index contributed by atoms with van der Waals surface area (Å²) < 4.78 is 33.7. The third kappa shape index (κ3) is 5.24. The fourth-order valence-corrected chi connectivity index (χ4v) is 5.51. The van der Waals surface area contributed by atoms with Crippen LogP contribution in [0.4, 0.5) is 5.69 Å². The number of hydrogen-bond donors (Lipinski definition) is 1. The van der Waals surface area contributed by atoms with Crippen LogP contribution in [0.3, 0.4) is 0 Å². The molecule has 3 aromatic rings. The average Bonchev–Trinajstić information content (AvgIpc) is 3.28. The molecule has 0 aliphatic carbocycles. The van der Waals surface area contributed by atoms with E-state index in [0.29, 0.717) is 37.1 Å². The Morgan fingerprint density at radius 1 is 1.12 bits per heavy atom. The molecule has 1 N–H and O–H groups in total. The van der Waals surface area contributed by atoms with E-state index < -0.39 is 15.3 Å². The standard InChI is InChI=1S/C21H24N6O4S2/c1-15-5-3-4-6-19(15)27-21(23-24-25-27)32-16(2)20(28)22-17-7-9-18(10-8-17)33(29,30)26-11-13-31-14-12-26/h3-10,16H,11-14H2,1-2H3,(H,22,28)/t16-/m1/s1. The average molecular weight is 489 g/mol. The van der Waals surface area contributed by atoms with Gasteiger partial charge in [-0.05, 0) is 60.2 Å². The summed E-state index contributed by atoms with van der Waals surface area (Å²) in [6.07, 6.45) is 0. The van der Waals surface area contributed by atoms with Crippen molar-refractivity contribution in [1.29, 1.82) is 0 Å². The lowest BCUT2D eigenvalue weighted by Gasteiger charge is -2.26. The Balaban J connectivity index is 1.41. The number of rotatable bonds is 7. The molecule has 1 aromatic heterocycles. The van der Waals surface area contributed by atoms with Crippen LogP contribution in [-0.4, -0.2) is 70.4 Å². The predicted molar refractivity (Wildman–Crippen MR) is 124 cm³/mol. The number of thioether (sulfide) groups is 1. The predicted octanol–water partition coefficient (Wildman–Crippen LogP) is 2.11. The minimum Gasteiger partial charge on any atom is -0.379 e. The second-order valence-corrected chi connectivity index (χ2v) is 10.7. The molecule has 0 saturated carbocycles. The fraction of sp³-hybridized carbons (Fsp3) is 0.333. The molecular formula is C21H24N6O4S2. The lowest BCUT2D eigenvalue weighted by atomic mass is 10.2. The zero-order valence-corrected chi connectivity index (χ0v) is 19.8. The first-order chi connectivity index (χ1) is 15.9. The van der Waals surface area contributed by atoms with E-state index in [9.17, 15) is 13.2 Å². The Morgan fingerprint density at radius 3 is 2.52 bits per heavy atom. The normalized spacial score (nSPS) is 15.8. The molecule has 2 aromatic carbocycles. The van der Waals surface area contributed by atoms with Crippen molar-refractivity contribution in [2.24, 2.45) is 0 Å². The van der Waals surface area contributed by atoms with Gasteiger partial charge in [-0.25, -0.2) is 8.42 Å². The van der Waals surface area contributed by atoms with Crippen molar-refractivity contribution in [2.45, 2.75) is 29.1 Å². The highest BCUT2D eigenvalue weighted by Gasteiger charge is 2.26. The largest absolute Gasteiger partial charge is 0.379 e. The van der Waals surface area contributed by atoms with Gasteiger partial charge in [0.25, 0.3) is 0 Å². The lowest BCUT2D eigenvalue weighted by molar-refractivity contribution is -0.115. The summed E-state index contributed by atoms with van der Waals surface area (Å²) in [5, 5.41) is 14.7. The van der Waals surface area contributed by atoms with Crippen LogP contribution in [0.25, 0.3) is 5.69 Å². The number of benzene rings is 2. The van der Waals surface area contributed by atoms with Crippen molar-refractivity contribution in [1.82, 2.24) is 24.5 Å². The molecule has 12 heteroatoms. The number of carbonyl (C=O) groups excluding carboxylic acids is 1. The summed E-state index contributed by atoms with van der Waals surface area (Å²) in [4.78, 5) is 12.9. The van der Waals surface area contributed by atoms with Gasteiger partial charge in [0, 0.05) is 18.8 Å². The molecule has 0 spiro atoms. The van der Waals surface area contributed by atoms with Gasteiger partial charge in [0.15, 0.2) is 0 Å². The fourth-order valence-electron chi connectivity index (χ4n) is 3.31. The highest BCUT2D eigenvalue weighted by atomic mass is 32.2. The molecule has 1 aliphatic heterocycles. The van der Waals surface area contributed by atoms with E-state index in [4.69, 9.17) is 4.74 Å². The van der Waals surface area contributed by atoms with Crippen molar-refractivity contribution in [3.05, 3.63) is 54.1 Å². The highest BCUT2D eigenvalue weighted by molar-refractivity contribution is 8.00. The number of morpholine rings is 1. The van der Waals surface area contributed by atoms with Crippen LogP contribution in [-0.2, 0) is 19.6 Å². The van der Waals surface area contributed by atoms with E-state index in [1.807, 2.05) is 31.2 Å². The number of ether oxygens (including phenoxy) is 1. The first-order valence-corrected chi connectivity index (χ1v) is 12.7. The van der Waals surface area contributed by atoms with Gasteiger partial charge in [-0.2, -0.15) is 8.99 Å². The Kier molecular flexibility index (Phi) is 7.08. The molecule has 1 atom stereocenters. The lowest BCUT2D eigenvalue weighted by Crippen LogP contribution is -2.40. The molecule has 2 heterocycles. The van der Waals surface area contributed by atoms with Gasteiger partial charge < -0.3 is 10.1 Å². The summed E-state index contributed by atoms with van der Waals surface area (Å²) in [5.74, 6) is -0.247. The number of sulfonamides is 1. The van der Waals surface area contributed by atoms with Gasteiger partial charge in [0.2, 0.25) is 21.1 Å². The van der Waals surface area contributed by atoms with E-state index in [-0.39, 0.29) is 10.8 Å². The SMILES string of the molecule is Cc1ccccc1-n1nnnc1S[C@H](C)C(=O)Nc1ccc(S(=O)(=O)N2CCOCC2)cc1. The first kappa shape index (κ1) is 23.4. The topological polar surface area (TPSA) is 119 Å². The molecule has 0 radical (unpaired) electrons. The number of nitrogens with one attached hydrogen (secondary N) is 1. The molecule has 1 saturated heterocycles. The number of carbonyl (C=O) groups is 1. The maximum Gasteiger partial charge on any atom is 0.243 e. The zero-order chi connectivity index (χ0) is 23.4. The van der Waals surface area contributed by atoms with Crippen LogP contribution >= 0.6 is 11.8 Å². The van der Waals surface area contributed by atoms with Crippen molar-refractivity contribution in [2.75, 3.05) is 31.6 Å². The number of anilines is 1. The summed E-state index contributed by atoms with van der Waals surface area (Å²) in [6, 6.07) is 13.9. The van der Waals surface area contributed by atoms with Crippen LogP contribution in [0.5, 0.6) is 0 Å². The van der Waals surface area contributed by atoms with Crippen LogP contribution in [0.15, 0.2) is 58.6 Å². The molecule has 0 bridgehead atoms. The number of para-hydroxylation sites is 1. The van der Waals surface area contributed by atoms with Crippen molar-refractivity contribution >= 4 is 33.4 Å². The second kappa shape index (κ2) is 10.00. The molecule has 0 unspecified atom stereocenters. The summed E-state index contributed by atoms with van der Waals surface area (Å²) >= 11 is 1.23. The van der Waals surface area contributed by atoms with E-state index in [2.05, 4.69) is 20.8 Å². The molecule has 10 nitrogen and oxygen atoms in total. The number of amides is 1. The molecule has 174 valence electrons. The van der Waals surface area contributed by atoms with E-state index in [1.54, 1.807) is 23.7 Å².